The van der Waals surface area contributed by atoms with Crippen LogP contribution >= 0.6 is 0 Å². The van der Waals surface area contributed by atoms with Gasteiger partial charge in [0.1, 0.15) is 6.10 Å². The molecule has 0 saturated carbocycles. The molecule has 0 spiro atoms. The summed E-state index contributed by atoms with van der Waals surface area (Å²) in [5.41, 5.74) is 0. The number of aliphatic hydroxyl groups excluding tert-OH is 1. The van der Waals surface area contributed by atoms with Crippen molar-refractivity contribution in [1.29, 1.82) is 0 Å². The van der Waals surface area contributed by atoms with Crippen molar-refractivity contribution in [3.05, 3.63) is 0 Å². The molecule has 0 aromatic rings. The second kappa shape index (κ2) is 37.7. The molecule has 0 radical (unpaired) electrons. The predicted octanol–water partition coefficient (Wildman–Crippen LogP) is 11.5. The summed E-state index contributed by atoms with van der Waals surface area (Å²) in [6, 6.07) is 0. The molecule has 0 fully saturated rings. The van der Waals surface area contributed by atoms with Gasteiger partial charge in [-0.2, -0.15) is 0 Å². The van der Waals surface area contributed by atoms with E-state index in [-0.39, 0.29) is 24.6 Å². The molecule has 0 rings (SSSR count). The van der Waals surface area contributed by atoms with Gasteiger partial charge in [-0.15, -0.1) is 0 Å². The summed E-state index contributed by atoms with van der Waals surface area (Å²) in [6.45, 7) is 10.6. The highest BCUT2D eigenvalue weighted by molar-refractivity contribution is 5.69. The molecule has 0 aliphatic carbocycles. The number of esters is 2. The summed E-state index contributed by atoms with van der Waals surface area (Å²) in [4.78, 5) is 27.1. The van der Waals surface area contributed by atoms with Gasteiger partial charge in [0, 0.05) is 26.0 Å². The molecular formula is C41H81NO5. The van der Waals surface area contributed by atoms with Crippen molar-refractivity contribution in [1.82, 2.24) is 4.90 Å². The van der Waals surface area contributed by atoms with Crippen LogP contribution in [0.1, 0.15) is 213 Å². The molecule has 6 heteroatoms. The van der Waals surface area contributed by atoms with Crippen molar-refractivity contribution in [3.63, 3.8) is 0 Å². The predicted molar refractivity (Wildman–Crippen MR) is 200 cm³/mol. The summed E-state index contributed by atoms with van der Waals surface area (Å²) < 4.78 is 11.4. The van der Waals surface area contributed by atoms with E-state index in [1.807, 2.05) is 0 Å². The highest BCUT2D eigenvalue weighted by atomic mass is 16.5. The van der Waals surface area contributed by atoms with Gasteiger partial charge in [0.25, 0.3) is 0 Å². The lowest BCUT2D eigenvalue weighted by Gasteiger charge is -2.22. The first-order chi connectivity index (χ1) is 23.1. The molecule has 47 heavy (non-hydrogen) atoms. The van der Waals surface area contributed by atoms with Gasteiger partial charge in [-0.05, 0) is 77.3 Å². The Morgan fingerprint density at radius 2 is 0.894 bits per heavy atom. The van der Waals surface area contributed by atoms with E-state index in [2.05, 4.69) is 25.7 Å². The molecule has 0 heterocycles. The van der Waals surface area contributed by atoms with Crippen molar-refractivity contribution in [2.24, 2.45) is 0 Å². The average molecular weight is 668 g/mol. The molecule has 0 aliphatic rings. The number of hydrogen-bond acceptors (Lipinski definition) is 6. The smallest absolute Gasteiger partial charge is 0.306 e. The maximum Gasteiger partial charge on any atom is 0.306 e. The summed E-state index contributed by atoms with van der Waals surface area (Å²) in [5.74, 6) is -0.0372. The first-order valence-corrected chi connectivity index (χ1v) is 20.8. The Bertz CT molecular complexity index is 642. The molecule has 0 bridgehead atoms. The third-order valence-corrected chi connectivity index (χ3v) is 9.41. The van der Waals surface area contributed by atoms with Crippen LogP contribution in [0.4, 0.5) is 0 Å². The summed E-state index contributed by atoms with van der Waals surface area (Å²) in [6.07, 6.45) is 33.8. The van der Waals surface area contributed by atoms with Crippen LogP contribution in [-0.2, 0) is 19.1 Å². The van der Waals surface area contributed by atoms with Crippen LogP contribution in [0.2, 0.25) is 0 Å². The van der Waals surface area contributed by atoms with E-state index in [0.717, 1.165) is 96.7 Å². The fourth-order valence-electron chi connectivity index (χ4n) is 6.32. The van der Waals surface area contributed by atoms with E-state index in [0.29, 0.717) is 19.4 Å². The fourth-order valence-corrected chi connectivity index (χ4v) is 6.32. The normalized spacial score (nSPS) is 11.5. The summed E-state index contributed by atoms with van der Waals surface area (Å²) in [7, 11) is 0. The first kappa shape index (κ1) is 45.9. The van der Waals surface area contributed by atoms with Gasteiger partial charge in [0.15, 0.2) is 0 Å². The zero-order valence-electron chi connectivity index (χ0n) is 31.9. The van der Waals surface area contributed by atoms with Crippen LogP contribution in [0.15, 0.2) is 0 Å². The highest BCUT2D eigenvalue weighted by Gasteiger charge is 2.14. The van der Waals surface area contributed by atoms with Crippen LogP contribution in [-0.4, -0.2) is 60.9 Å². The largest absolute Gasteiger partial charge is 0.466 e. The molecule has 0 aromatic heterocycles. The van der Waals surface area contributed by atoms with E-state index in [1.54, 1.807) is 0 Å². The van der Waals surface area contributed by atoms with Gasteiger partial charge in [0.2, 0.25) is 0 Å². The molecule has 0 unspecified atom stereocenters. The van der Waals surface area contributed by atoms with E-state index in [4.69, 9.17) is 9.47 Å². The number of carbonyl (C=O) groups is 2. The summed E-state index contributed by atoms with van der Waals surface area (Å²) >= 11 is 0. The van der Waals surface area contributed by atoms with E-state index in [1.165, 1.54) is 103 Å². The summed E-state index contributed by atoms with van der Waals surface area (Å²) in [5, 5.41) is 9.36. The number of aliphatic hydroxyl groups is 1. The molecule has 0 amide bonds. The lowest BCUT2D eigenvalue weighted by atomic mass is 10.0. The zero-order valence-corrected chi connectivity index (χ0v) is 31.9. The van der Waals surface area contributed by atoms with Crippen molar-refractivity contribution >= 4 is 11.9 Å². The van der Waals surface area contributed by atoms with Gasteiger partial charge < -0.3 is 19.5 Å². The van der Waals surface area contributed by atoms with Crippen LogP contribution in [0.5, 0.6) is 0 Å². The lowest BCUT2D eigenvalue weighted by Crippen LogP contribution is -2.28. The quantitative estimate of drug-likeness (QED) is 0.0521. The Balaban J connectivity index is 4.14. The van der Waals surface area contributed by atoms with Crippen molar-refractivity contribution in [3.8, 4) is 0 Å². The maximum absolute atomic E-state index is 12.7. The van der Waals surface area contributed by atoms with Crippen molar-refractivity contribution in [2.75, 3.05) is 32.8 Å². The molecule has 0 atom stereocenters. The van der Waals surface area contributed by atoms with E-state index < -0.39 is 0 Å². The van der Waals surface area contributed by atoms with E-state index in [9.17, 15) is 14.7 Å². The second-order valence-corrected chi connectivity index (χ2v) is 14.1. The minimum Gasteiger partial charge on any atom is -0.466 e. The van der Waals surface area contributed by atoms with Gasteiger partial charge in [-0.1, -0.05) is 136 Å². The lowest BCUT2D eigenvalue weighted by molar-refractivity contribution is -0.150. The van der Waals surface area contributed by atoms with Crippen LogP contribution in [0.3, 0.4) is 0 Å². The molecule has 1 N–H and O–H groups in total. The molecule has 0 aliphatic heterocycles. The minimum absolute atomic E-state index is 0.000209. The van der Waals surface area contributed by atoms with E-state index >= 15 is 0 Å². The average Bonchev–Trinajstić information content (AvgIpc) is 3.07. The van der Waals surface area contributed by atoms with Crippen molar-refractivity contribution in [2.45, 2.75) is 219 Å². The molecule has 0 saturated heterocycles. The first-order valence-electron chi connectivity index (χ1n) is 20.8. The molecule has 6 nitrogen and oxygen atoms in total. The Morgan fingerprint density at radius 1 is 0.489 bits per heavy atom. The van der Waals surface area contributed by atoms with Gasteiger partial charge in [-0.25, -0.2) is 0 Å². The standard InChI is InChI=1S/C41H81NO5/c1-4-7-10-13-16-22-30-39(31-23-17-14-11-8-5-2)47-41(45)33-25-21-27-35-42(36-29-37-43)34-26-19-15-18-24-32-40(44)46-38-28-20-12-9-6-3/h39,43H,4-38H2,1-3H3. The Kier molecular flexibility index (Phi) is 36.8. The topological polar surface area (TPSA) is 76.1 Å². The number of unbranched alkanes of at least 4 members (excludes halogenated alkanes) is 20. The third kappa shape index (κ3) is 34.5. The second-order valence-electron chi connectivity index (χ2n) is 14.1. The molecule has 0 aromatic carbocycles. The molecular weight excluding hydrogens is 586 g/mol. The number of ether oxygens (including phenoxy) is 2. The van der Waals surface area contributed by atoms with Crippen LogP contribution < -0.4 is 0 Å². The van der Waals surface area contributed by atoms with Crippen molar-refractivity contribution < 1.29 is 24.2 Å². The number of carbonyl (C=O) groups excluding carboxylic acids is 2. The van der Waals surface area contributed by atoms with Crippen LogP contribution in [0.25, 0.3) is 0 Å². The van der Waals surface area contributed by atoms with Gasteiger partial charge >= 0.3 is 11.9 Å². The fraction of sp³-hybridized carbons (Fsp3) is 0.951. The SMILES string of the molecule is CCCCCCCCC(CCCCCCCC)OC(=O)CCCCCN(CCCO)CCCCCCCC(=O)OCCCCCCC. The maximum atomic E-state index is 12.7. The van der Waals surface area contributed by atoms with Gasteiger partial charge in [0.05, 0.1) is 6.61 Å². The van der Waals surface area contributed by atoms with Gasteiger partial charge in [-0.3, -0.25) is 9.59 Å². The number of nitrogens with zero attached hydrogens (tertiary/aromatic N) is 1. The Labute approximate surface area is 292 Å². The number of rotatable bonds is 38. The third-order valence-electron chi connectivity index (χ3n) is 9.41. The highest BCUT2D eigenvalue weighted by Crippen LogP contribution is 2.18. The minimum atomic E-state index is -0.0370. The number of hydrogen-bond donors (Lipinski definition) is 1. The Morgan fingerprint density at radius 3 is 1.43 bits per heavy atom. The Hall–Kier alpha value is -1.14. The zero-order chi connectivity index (χ0) is 34.5. The molecule has 280 valence electrons. The van der Waals surface area contributed by atoms with Crippen LogP contribution in [0, 0.1) is 0 Å². The monoisotopic (exact) mass is 668 g/mol.